The van der Waals surface area contributed by atoms with Gasteiger partial charge in [-0.25, -0.2) is 9.97 Å². The molecule has 0 saturated heterocycles. The number of anilines is 2. The van der Waals surface area contributed by atoms with Crippen molar-refractivity contribution in [1.82, 2.24) is 15.0 Å². The van der Waals surface area contributed by atoms with Crippen LogP contribution in [0.3, 0.4) is 0 Å². The smallest absolute Gasteiger partial charge is 0.161 e. The molecule has 7 nitrogen and oxygen atoms in total. The van der Waals surface area contributed by atoms with Gasteiger partial charge in [0.25, 0.3) is 0 Å². The minimum Gasteiger partial charge on any atom is -0.493 e. The third-order valence-corrected chi connectivity index (χ3v) is 5.04. The molecule has 0 atom stereocenters. The van der Waals surface area contributed by atoms with E-state index in [1.165, 1.54) is 11.1 Å². The van der Waals surface area contributed by atoms with Gasteiger partial charge in [0.05, 0.1) is 26.5 Å². The molecule has 4 rings (SSSR count). The number of ether oxygens (including phenoxy) is 2. The third-order valence-electron chi connectivity index (χ3n) is 5.04. The van der Waals surface area contributed by atoms with E-state index < -0.39 is 0 Å². The van der Waals surface area contributed by atoms with Gasteiger partial charge in [-0.2, -0.15) is 0 Å². The van der Waals surface area contributed by atoms with Crippen LogP contribution < -0.4 is 19.7 Å². The standard InChI is InChI=1S/C22H25N5O2/c1-15-25-21(24-13-18-6-4-5-8-23-18)12-22(26-15)27-9-7-16-10-19(28-2)20(29-3)11-17(16)14-27/h4-6,8,10-12H,7,9,13-14H2,1-3H3,(H,24,25,26). The lowest BCUT2D eigenvalue weighted by Gasteiger charge is -2.30. The van der Waals surface area contributed by atoms with Crippen LogP contribution in [-0.2, 0) is 19.5 Å². The molecule has 0 amide bonds. The van der Waals surface area contributed by atoms with Crippen molar-refractivity contribution < 1.29 is 9.47 Å². The predicted octanol–water partition coefficient (Wildman–Crippen LogP) is 3.37. The maximum absolute atomic E-state index is 5.47. The van der Waals surface area contributed by atoms with Crippen LogP contribution in [0.2, 0.25) is 0 Å². The normalized spacial score (nSPS) is 13.0. The molecule has 29 heavy (non-hydrogen) atoms. The number of hydrogen-bond acceptors (Lipinski definition) is 7. The summed E-state index contributed by atoms with van der Waals surface area (Å²) in [6, 6.07) is 12.0. The number of nitrogens with zero attached hydrogens (tertiary/aromatic N) is 4. The number of pyridine rings is 1. The topological polar surface area (TPSA) is 72.4 Å². The number of fused-ring (bicyclic) bond motifs is 1. The van der Waals surface area contributed by atoms with Gasteiger partial charge in [-0.3, -0.25) is 4.98 Å². The van der Waals surface area contributed by atoms with Crippen LogP contribution in [-0.4, -0.2) is 35.7 Å². The fourth-order valence-electron chi connectivity index (χ4n) is 3.57. The molecule has 7 heteroatoms. The fourth-order valence-corrected chi connectivity index (χ4v) is 3.57. The average Bonchev–Trinajstić information content (AvgIpc) is 2.76. The maximum atomic E-state index is 5.47. The van der Waals surface area contributed by atoms with Gasteiger partial charge in [0, 0.05) is 25.4 Å². The molecule has 2 aromatic heterocycles. The minimum atomic E-state index is 0.622. The Balaban J connectivity index is 1.54. The molecule has 1 aromatic carbocycles. The minimum absolute atomic E-state index is 0.622. The van der Waals surface area contributed by atoms with Crippen LogP contribution in [0.5, 0.6) is 11.5 Å². The van der Waals surface area contributed by atoms with Crippen molar-refractivity contribution in [2.45, 2.75) is 26.4 Å². The van der Waals surface area contributed by atoms with E-state index in [1.54, 1.807) is 20.4 Å². The van der Waals surface area contributed by atoms with Crippen LogP contribution in [0.25, 0.3) is 0 Å². The zero-order valence-electron chi connectivity index (χ0n) is 17.0. The van der Waals surface area contributed by atoms with Crippen molar-refractivity contribution in [2.24, 2.45) is 0 Å². The highest BCUT2D eigenvalue weighted by Gasteiger charge is 2.21. The Hall–Kier alpha value is -3.35. The van der Waals surface area contributed by atoms with E-state index in [-0.39, 0.29) is 0 Å². The quantitative estimate of drug-likeness (QED) is 0.691. The molecule has 1 aliphatic heterocycles. The number of aryl methyl sites for hydroxylation is 1. The summed E-state index contributed by atoms with van der Waals surface area (Å²) < 4.78 is 10.9. The first-order valence-electron chi connectivity index (χ1n) is 9.64. The third kappa shape index (κ3) is 4.23. The Bertz CT molecular complexity index is 994. The Kier molecular flexibility index (Phi) is 5.46. The largest absolute Gasteiger partial charge is 0.493 e. The molecule has 0 fully saturated rings. The van der Waals surface area contributed by atoms with E-state index in [2.05, 4.69) is 37.3 Å². The first-order valence-corrected chi connectivity index (χ1v) is 9.64. The molecule has 3 heterocycles. The molecule has 0 saturated carbocycles. The average molecular weight is 391 g/mol. The SMILES string of the molecule is COc1cc2c(cc1OC)CN(c1cc(NCc3ccccn3)nc(C)n1)CC2. The molecular weight excluding hydrogens is 366 g/mol. The summed E-state index contributed by atoms with van der Waals surface area (Å²) >= 11 is 0. The van der Waals surface area contributed by atoms with Gasteiger partial charge in [0.15, 0.2) is 11.5 Å². The zero-order chi connectivity index (χ0) is 20.2. The van der Waals surface area contributed by atoms with E-state index in [9.17, 15) is 0 Å². The summed E-state index contributed by atoms with van der Waals surface area (Å²) in [6.45, 7) is 4.20. The molecule has 0 unspecified atom stereocenters. The van der Waals surface area contributed by atoms with Gasteiger partial charge in [0.1, 0.15) is 17.5 Å². The molecule has 0 bridgehead atoms. The van der Waals surface area contributed by atoms with E-state index in [4.69, 9.17) is 9.47 Å². The first kappa shape index (κ1) is 19.0. The van der Waals surface area contributed by atoms with Gasteiger partial charge in [-0.1, -0.05) is 6.07 Å². The van der Waals surface area contributed by atoms with Crippen molar-refractivity contribution in [3.63, 3.8) is 0 Å². The molecule has 1 aliphatic rings. The van der Waals surface area contributed by atoms with Crippen molar-refractivity contribution in [3.8, 4) is 11.5 Å². The number of aromatic nitrogens is 3. The van der Waals surface area contributed by atoms with E-state index >= 15 is 0 Å². The van der Waals surface area contributed by atoms with Gasteiger partial charge < -0.3 is 19.7 Å². The molecular formula is C22H25N5O2. The van der Waals surface area contributed by atoms with Crippen molar-refractivity contribution in [3.05, 3.63) is 65.2 Å². The van der Waals surface area contributed by atoms with E-state index in [0.29, 0.717) is 6.54 Å². The van der Waals surface area contributed by atoms with Gasteiger partial charge in [-0.05, 0) is 48.7 Å². The second kappa shape index (κ2) is 8.34. The summed E-state index contributed by atoms with van der Waals surface area (Å²) in [5.74, 6) is 3.99. The summed E-state index contributed by atoms with van der Waals surface area (Å²) in [5.41, 5.74) is 3.49. The second-order valence-electron chi connectivity index (χ2n) is 6.98. The molecule has 0 spiro atoms. The predicted molar refractivity (Wildman–Crippen MR) is 113 cm³/mol. The van der Waals surface area contributed by atoms with E-state index in [0.717, 1.165) is 54.2 Å². The summed E-state index contributed by atoms with van der Waals surface area (Å²) in [6.07, 6.45) is 2.72. The summed E-state index contributed by atoms with van der Waals surface area (Å²) in [5, 5.41) is 3.36. The zero-order valence-corrected chi connectivity index (χ0v) is 17.0. The van der Waals surface area contributed by atoms with Crippen LogP contribution in [0, 0.1) is 6.92 Å². The number of benzene rings is 1. The van der Waals surface area contributed by atoms with Crippen LogP contribution in [0.1, 0.15) is 22.6 Å². The van der Waals surface area contributed by atoms with Crippen LogP contribution >= 0.6 is 0 Å². The highest BCUT2D eigenvalue weighted by atomic mass is 16.5. The highest BCUT2D eigenvalue weighted by Crippen LogP contribution is 2.34. The lowest BCUT2D eigenvalue weighted by molar-refractivity contribution is 0.353. The molecule has 150 valence electrons. The van der Waals surface area contributed by atoms with Crippen molar-refractivity contribution >= 4 is 11.6 Å². The van der Waals surface area contributed by atoms with Gasteiger partial charge in [0.2, 0.25) is 0 Å². The Morgan fingerprint density at radius 1 is 1.03 bits per heavy atom. The Morgan fingerprint density at radius 3 is 2.55 bits per heavy atom. The summed E-state index contributed by atoms with van der Waals surface area (Å²) in [7, 11) is 3.33. The lowest BCUT2D eigenvalue weighted by atomic mass is 9.99. The summed E-state index contributed by atoms with van der Waals surface area (Å²) in [4.78, 5) is 15.8. The van der Waals surface area contributed by atoms with Crippen LogP contribution in [0.4, 0.5) is 11.6 Å². The van der Waals surface area contributed by atoms with Gasteiger partial charge in [-0.15, -0.1) is 0 Å². The number of nitrogens with one attached hydrogen (secondary N) is 1. The van der Waals surface area contributed by atoms with Crippen LogP contribution in [0.15, 0.2) is 42.6 Å². The Morgan fingerprint density at radius 2 is 1.83 bits per heavy atom. The Labute approximate surface area is 170 Å². The lowest BCUT2D eigenvalue weighted by Crippen LogP contribution is -2.31. The van der Waals surface area contributed by atoms with Crippen molar-refractivity contribution in [2.75, 3.05) is 31.0 Å². The fraction of sp³-hybridized carbons (Fsp3) is 0.318. The van der Waals surface area contributed by atoms with Gasteiger partial charge >= 0.3 is 0 Å². The number of methoxy groups -OCH3 is 2. The molecule has 0 aliphatic carbocycles. The molecule has 1 N–H and O–H groups in total. The number of rotatable bonds is 6. The van der Waals surface area contributed by atoms with E-state index in [1.807, 2.05) is 31.2 Å². The molecule has 0 radical (unpaired) electrons. The first-order chi connectivity index (χ1) is 14.2. The highest BCUT2D eigenvalue weighted by molar-refractivity contribution is 5.54. The monoisotopic (exact) mass is 391 g/mol. The van der Waals surface area contributed by atoms with Crippen molar-refractivity contribution in [1.29, 1.82) is 0 Å². The maximum Gasteiger partial charge on any atom is 0.161 e. The molecule has 3 aromatic rings. The number of hydrogen-bond donors (Lipinski definition) is 1. The second-order valence-corrected chi connectivity index (χ2v) is 6.98.